The lowest BCUT2D eigenvalue weighted by molar-refractivity contribution is 0.0948. The molecular weight excluding hydrogens is 463 g/mol. The Bertz CT molecular complexity index is 1250. The van der Waals surface area contributed by atoms with Crippen LogP contribution in [0.1, 0.15) is 21.5 Å². The number of nitrogens with zero attached hydrogens (tertiary/aromatic N) is 1. The number of aryl methyl sites for hydroxylation is 1. The summed E-state index contributed by atoms with van der Waals surface area (Å²) in [5.74, 6) is -0.0822. The van der Waals surface area contributed by atoms with Gasteiger partial charge in [0.25, 0.3) is 5.91 Å². The fourth-order valence-electron chi connectivity index (χ4n) is 3.24. The first-order valence-corrected chi connectivity index (χ1v) is 11.5. The van der Waals surface area contributed by atoms with Gasteiger partial charge in [-0.05, 0) is 24.6 Å². The van der Waals surface area contributed by atoms with E-state index in [-0.39, 0.29) is 22.2 Å². The average molecular weight is 483 g/mol. The van der Waals surface area contributed by atoms with E-state index in [1.807, 2.05) is 24.3 Å². The third-order valence-electron chi connectivity index (χ3n) is 5.00. The molecule has 0 saturated heterocycles. The average Bonchev–Trinajstić information content (AvgIpc) is 3.30. The van der Waals surface area contributed by atoms with Gasteiger partial charge in [-0.15, -0.1) is 11.3 Å². The van der Waals surface area contributed by atoms with Crippen molar-refractivity contribution in [2.45, 2.75) is 13.5 Å². The number of nitrogens with one attached hydrogen (secondary N) is 1. The maximum atomic E-state index is 12.7. The molecule has 0 atom stereocenters. The van der Waals surface area contributed by atoms with Crippen molar-refractivity contribution in [3.63, 3.8) is 0 Å². The highest BCUT2D eigenvalue weighted by Crippen LogP contribution is 2.34. The van der Waals surface area contributed by atoms with Gasteiger partial charge in [0, 0.05) is 23.1 Å². The number of amides is 1. The Balaban J connectivity index is 1.45. The molecule has 4 rings (SSSR count). The summed E-state index contributed by atoms with van der Waals surface area (Å²) in [7, 11) is 1.45. The molecule has 0 unspecified atom stereocenters. The van der Waals surface area contributed by atoms with Crippen LogP contribution in [0.25, 0.3) is 21.8 Å². The molecule has 32 heavy (non-hydrogen) atoms. The van der Waals surface area contributed by atoms with E-state index in [4.69, 9.17) is 32.9 Å². The van der Waals surface area contributed by atoms with Crippen LogP contribution in [0, 0.1) is 6.92 Å². The zero-order valence-electron chi connectivity index (χ0n) is 17.5. The molecule has 1 heterocycles. The van der Waals surface area contributed by atoms with Crippen LogP contribution >= 0.6 is 34.5 Å². The van der Waals surface area contributed by atoms with Crippen LogP contribution in [-0.4, -0.2) is 18.0 Å². The van der Waals surface area contributed by atoms with Crippen molar-refractivity contribution in [1.29, 1.82) is 0 Å². The number of carbonyl (C=O) groups excluding carboxylic acids is 1. The van der Waals surface area contributed by atoms with Crippen molar-refractivity contribution >= 4 is 40.4 Å². The lowest BCUT2D eigenvalue weighted by Crippen LogP contribution is -2.23. The molecule has 0 aliphatic heterocycles. The molecule has 3 aromatic carbocycles. The monoisotopic (exact) mass is 482 g/mol. The minimum absolute atomic E-state index is 0.227. The number of benzene rings is 3. The standard InChI is InChI=1S/C25H20Cl2N2O2S/c1-15-3-7-17(8-4-15)21-14-32-25(29-21)18-9-5-16(6-10-18)13-28-24(30)22-19(26)11-12-20(27)23(22)31-2/h3-12,14H,13H2,1-2H3,(H,28,30). The molecule has 0 spiro atoms. The molecule has 1 aromatic heterocycles. The summed E-state index contributed by atoms with van der Waals surface area (Å²) in [6.07, 6.45) is 0. The molecular formula is C25H20Cl2N2O2S. The van der Waals surface area contributed by atoms with Crippen LogP contribution in [0.5, 0.6) is 5.75 Å². The van der Waals surface area contributed by atoms with Gasteiger partial charge in [-0.3, -0.25) is 4.79 Å². The zero-order chi connectivity index (χ0) is 22.7. The minimum atomic E-state index is -0.346. The largest absolute Gasteiger partial charge is 0.494 e. The quantitative estimate of drug-likeness (QED) is 0.320. The van der Waals surface area contributed by atoms with Gasteiger partial charge in [0.15, 0.2) is 5.75 Å². The Kier molecular flexibility index (Phi) is 6.80. The first-order chi connectivity index (χ1) is 15.5. The number of carbonyl (C=O) groups is 1. The number of thiazole rings is 1. The Labute approximate surface area is 200 Å². The van der Waals surface area contributed by atoms with Crippen LogP contribution in [0.15, 0.2) is 66.0 Å². The number of methoxy groups -OCH3 is 1. The number of ether oxygens (including phenoxy) is 1. The van der Waals surface area contributed by atoms with Gasteiger partial charge in [-0.2, -0.15) is 0 Å². The van der Waals surface area contributed by atoms with Gasteiger partial charge >= 0.3 is 0 Å². The van der Waals surface area contributed by atoms with Gasteiger partial charge in [-0.25, -0.2) is 4.98 Å². The number of aromatic nitrogens is 1. The van der Waals surface area contributed by atoms with Crippen LogP contribution in [0.4, 0.5) is 0 Å². The predicted molar refractivity (Wildman–Crippen MR) is 132 cm³/mol. The normalized spacial score (nSPS) is 10.8. The Morgan fingerprint density at radius 3 is 2.31 bits per heavy atom. The summed E-state index contributed by atoms with van der Waals surface area (Å²) in [6, 6.07) is 19.5. The van der Waals surface area contributed by atoms with E-state index in [1.54, 1.807) is 23.5 Å². The van der Waals surface area contributed by atoms with Crippen molar-refractivity contribution < 1.29 is 9.53 Å². The highest BCUT2D eigenvalue weighted by Gasteiger charge is 2.19. The maximum Gasteiger partial charge on any atom is 0.256 e. The molecule has 0 bridgehead atoms. The van der Waals surface area contributed by atoms with Crippen LogP contribution in [0.2, 0.25) is 10.0 Å². The van der Waals surface area contributed by atoms with E-state index in [0.717, 1.165) is 27.4 Å². The van der Waals surface area contributed by atoms with Crippen LogP contribution in [0.3, 0.4) is 0 Å². The third kappa shape index (κ3) is 4.80. The van der Waals surface area contributed by atoms with Crippen molar-refractivity contribution in [2.24, 2.45) is 0 Å². The lowest BCUT2D eigenvalue weighted by Gasteiger charge is -2.12. The van der Waals surface area contributed by atoms with E-state index in [0.29, 0.717) is 11.6 Å². The van der Waals surface area contributed by atoms with Crippen molar-refractivity contribution in [2.75, 3.05) is 7.11 Å². The Hall–Kier alpha value is -2.86. The second kappa shape index (κ2) is 9.74. The van der Waals surface area contributed by atoms with E-state index in [2.05, 4.69) is 41.9 Å². The van der Waals surface area contributed by atoms with Gasteiger partial charge in [0.1, 0.15) is 10.6 Å². The molecule has 7 heteroatoms. The fourth-order valence-corrected chi connectivity index (χ4v) is 4.55. The molecule has 162 valence electrons. The summed E-state index contributed by atoms with van der Waals surface area (Å²) < 4.78 is 5.25. The van der Waals surface area contributed by atoms with Gasteiger partial charge in [0.2, 0.25) is 0 Å². The fraction of sp³-hybridized carbons (Fsp3) is 0.120. The van der Waals surface area contributed by atoms with E-state index < -0.39 is 0 Å². The van der Waals surface area contributed by atoms with Crippen LogP contribution < -0.4 is 10.1 Å². The zero-order valence-corrected chi connectivity index (χ0v) is 19.8. The smallest absolute Gasteiger partial charge is 0.256 e. The Morgan fingerprint density at radius 2 is 1.62 bits per heavy atom. The second-order valence-corrected chi connectivity index (χ2v) is 8.89. The third-order valence-corrected chi connectivity index (χ3v) is 6.50. The molecule has 0 fully saturated rings. The van der Waals surface area contributed by atoms with Crippen molar-refractivity contribution in [3.8, 4) is 27.6 Å². The van der Waals surface area contributed by atoms with Gasteiger partial charge < -0.3 is 10.1 Å². The lowest BCUT2D eigenvalue weighted by atomic mass is 10.1. The van der Waals surface area contributed by atoms with Crippen LogP contribution in [-0.2, 0) is 6.54 Å². The van der Waals surface area contributed by atoms with Gasteiger partial charge in [0.05, 0.1) is 22.8 Å². The predicted octanol–water partition coefficient (Wildman–Crippen LogP) is 7.03. The molecule has 0 aliphatic carbocycles. The number of hydrogen-bond donors (Lipinski definition) is 1. The molecule has 0 radical (unpaired) electrons. The topological polar surface area (TPSA) is 51.2 Å². The minimum Gasteiger partial charge on any atom is -0.494 e. The summed E-state index contributed by atoms with van der Waals surface area (Å²) >= 11 is 13.9. The van der Waals surface area contributed by atoms with Crippen molar-refractivity contribution in [1.82, 2.24) is 10.3 Å². The van der Waals surface area contributed by atoms with E-state index in [1.165, 1.54) is 12.7 Å². The van der Waals surface area contributed by atoms with E-state index >= 15 is 0 Å². The molecule has 4 aromatic rings. The summed E-state index contributed by atoms with van der Waals surface area (Å²) in [5.41, 5.74) is 5.51. The molecule has 4 nitrogen and oxygen atoms in total. The van der Waals surface area contributed by atoms with E-state index in [9.17, 15) is 4.79 Å². The van der Waals surface area contributed by atoms with Gasteiger partial charge in [-0.1, -0.05) is 77.3 Å². The summed E-state index contributed by atoms with van der Waals surface area (Å²) in [6.45, 7) is 2.41. The SMILES string of the molecule is COc1c(Cl)ccc(Cl)c1C(=O)NCc1ccc(-c2nc(-c3ccc(C)cc3)cs2)cc1. The maximum absolute atomic E-state index is 12.7. The first kappa shape index (κ1) is 22.3. The number of rotatable bonds is 6. The molecule has 1 amide bonds. The molecule has 0 aliphatic rings. The van der Waals surface area contributed by atoms with Crippen molar-refractivity contribution in [3.05, 3.63) is 92.8 Å². The number of hydrogen-bond acceptors (Lipinski definition) is 4. The highest BCUT2D eigenvalue weighted by atomic mass is 35.5. The summed E-state index contributed by atoms with van der Waals surface area (Å²) in [4.78, 5) is 17.4. The first-order valence-electron chi connectivity index (χ1n) is 9.88. The Morgan fingerprint density at radius 1 is 0.969 bits per heavy atom. The molecule has 1 N–H and O–H groups in total. The highest BCUT2D eigenvalue weighted by molar-refractivity contribution is 7.13. The molecule has 0 saturated carbocycles. The number of halogens is 2. The summed E-state index contributed by atoms with van der Waals surface area (Å²) in [5, 5.41) is 6.51. The second-order valence-electron chi connectivity index (χ2n) is 7.22.